The summed E-state index contributed by atoms with van der Waals surface area (Å²) in [4.78, 5) is 9.57. The second kappa shape index (κ2) is 11.9. The van der Waals surface area contributed by atoms with Crippen LogP contribution in [0.4, 0.5) is 0 Å². The van der Waals surface area contributed by atoms with Gasteiger partial charge in [0.2, 0.25) is 0 Å². The Morgan fingerprint density at radius 2 is 2.19 bits per heavy atom. The molecule has 2 aliphatic rings. The lowest BCUT2D eigenvalue weighted by Gasteiger charge is -2.26. The van der Waals surface area contributed by atoms with Gasteiger partial charge in [0.1, 0.15) is 5.76 Å². The molecule has 0 bridgehead atoms. The van der Waals surface area contributed by atoms with Gasteiger partial charge in [-0.2, -0.15) is 0 Å². The van der Waals surface area contributed by atoms with Crippen molar-refractivity contribution in [2.75, 3.05) is 53.0 Å². The summed E-state index contributed by atoms with van der Waals surface area (Å²) in [5.41, 5.74) is 0. The molecule has 1 saturated heterocycles. The van der Waals surface area contributed by atoms with Gasteiger partial charge in [-0.1, -0.05) is 0 Å². The van der Waals surface area contributed by atoms with E-state index in [1.54, 1.807) is 6.26 Å². The van der Waals surface area contributed by atoms with Crippen molar-refractivity contribution in [3.63, 3.8) is 0 Å². The van der Waals surface area contributed by atoms with Gasteiger partial charge >= 0.3 is 0 Å². The number of furan rings is 1. The van der Waals surface area contributed by atoms with Gasteiger partial charge in [-0.05, 0) is 63.7 Å². The standard InChI is InChI=1S/C20H34N4O2.HI/c1-3-21-20(23(2)12-14-25-16-17-8-9-17)22-15-18(19-7-6-13-26-19)24-10-4-5-11-24;/h6-7,13,17-18H,3-5,8-12,14-16H2,1-2H3,(H,21,22);1H. The fourth-order valence-corrected chi connectivity index (χ4v) is 3.40. The Kier molecular flexibility index (Phi) is 9.92. The van der Waals surface area contributed by atoms with Gasteiger partial charge in [0.25, 0.3) is 0 Å². The third kappa shape index (κ3) is 7.27. The lowest BCUT2D eigenvalue weighted by atomic mass is 10.2. The van der Waals surface area contributed by atoms with Crippen molar-refractivity contribution in [2.24, 2.45) is 10.9 Å². The molecule has 1 aromatic rings. The fourth-order valence-electron chi connectivity index (χ4n) is 3.40. The van der Waals surface area contributed by atoms with Crippen LogP contribution in [0.5, 0.6) is 0 Å². The van der Waals surface area contributed by atoms with Gasteiger partial charge in [0, 0.05) is 26.7 Å². The molecule has 6 nitrogen and oxygen atoms in total. The van der Waals surface area contributed by atoms with Crippen molar-refractivity contribution in [3.05, 3.63) is 24.2 Å². The van der Waals surface area contributed by atoms with Crippen molar-refractivity contribution in [1.82, 2.24) is 15.1 Å². The lowest BCUT2D eigenvalue weighted by molar-refractivity contribution is 0.115. The van der Waals surface area contributed by atoms with Crippen molar-refractivity contribution in [2.45, 2.75) is 38.6 Å². The molecule has 0 radical (unpaired) electrons. The van der Waals surface area contributed by atoms with Crippen LogP contribution in [0, 0.1) is 5.92 Å². The van der Waals surface area contributed by atoms with Gasteiger partial charge in [-0.3, -0.25) is 9.89 Å². The van der Waals surface area contributed by atoms with E-state index in [1.807, 2.05) is 6.07 Å². The molecule has 3 rings (SSSR count). The Labute approximate surface area is 180 Å². The summed E-state index contributed by atoms with van der Waals surface area (Å²) in [6.07, 6.45) is 6.96. The SMILES string of the molecule is CCNC(=NCC(c1ccco1)N1CCCC1)N(C)CCOCC1CC1.I. The van der Waals surface area contributed by atoms with E-state index < -0.39 is 0 Å². The van der Waals surface area contributed by atoms with E-state index in [0.29, 0.717) is 6.54 Å². The summed E-state index contributed by atoms with van der Waals surface area (Å²) in [5.74, 6) is 2.77. The first kappa shape index (κ1) is 22.5. The Morgan fingerprint density at radius 3 is 2.81 bits per heavy atom. The number of rotatable bonds is 10. The van der Waals surface area contributed by atoms with E-state index in [0.717, 1.165) is 57.0 Å². The highest BCUT2D eigenvalue weighted by Crippen LogP contribution is 2.28. The quantitative estimate of drug-likeness (QED) is 0.236. The van der Waals surface area contributed by atoms with E-state index >= 15 is 0 Å². The number of nitrogens with zero attached hydrogens (tertiary/aromatic N) is 3. The van der Waals surface area contributed by atoms with E-state index in [2.05, 4.69) is 35.2 Å². The minimum absolute atomic E-state index is 0. The lowest BCUT2D eigenvalue weighted by Crippen LogP contribution is -2.41. The predicted octanol–water partition coefficient (Wildman–Crippen LogP) is 3.36. The first-order valence-corrected chi connectivity index (χ1v) is 10.1. The Morgan fingerprint density at radius 1 is 1.41 bits per heavy atom. The van der Waals surface area contributed by atoms with Crippen LogP contribution in [0.15, 0.2) is 27.8 Å². The van der Waals surface area contributed by atoms with Crippen LogP contribution in [0.3, 0.4) is 0 Å². The van der Waals surface area contributed by atoms with Crippen LogP contribution >= 0.6 is 24.0 Å². The predicted molar refractivity (Wildman–Crippen MR) is 120 cm³/mol. The number of ether oxygens (including phenoxy) is 1. The number of likely N-dealkylation sites (tertiary alicyclic amines) is 1. The van der Waals surface area contributed by atoms with Crippen LogP contribution in [0.25, 0.3) is 0 Å². The second-order valence-electron chi connectivity index (χ2n) is 7.41. The zero-order valence-electron chi connectivity index (χ0n) is 16.7. The molecule has 0 amide bonds. The summed E-state index contributed by atoms with van der Waals surface area (Å²) in [6, 6.07) is 4.26. The van der Waals surface area contributed by atoms with E-state index in [-0.39, 0.29) is 30.0 Å². The number of halogens is 1. The Hall–Kier alpha value is -0.800. The zero-order chi connectivity index (χ0) is 18.2. The maximum Gasteiger partial charge on any atom is 0.193 e. The van der Waals surface area contributed by atoms with Crippen LogP contribution in [0.2, 0.25) is 0 Å². The number of nitrogens with one attached hydrogen (secondary N) is 1. The normalized spacial score (nSPS) is 19.0. The molecule has 1 unspecified atom stereocenters. The average Bonchev–Trinajstić information content (AvgIpc) is 3.10. The van der Waals surface area contributed by atoms with Crippen molar-refractivity contribution < 1.29 is 9.15 Å². The molecule has 154 valence electrons. The molecule has 0 spiro atoms. The third-order valence-corrected chi connectivity index (χ3v) is 5.18. The first-order valence-electron chi connectivity index (χ1n) is 10.1. The molecule has 1 aliphatic heterocycles. The summed E-state index contributed by atoms with van der Waals surface area (Å²) in [7, 11) is 2.08. The summed E-state index contributed by atoms with van der Waals surface area (Å²) in [6.45, 7) is 8.46. The van der Waals surface area contributed by atoms with Gasteiger partial charge in [0.05, 0.1) is 25.5 Å². The Balaban J connectivity index is 0.00000261. The van der Waals surface area contributed by atoms with E-state index in [1.165, 1.54) is 25.7 Å². The highest BCUT2D eigenvalue weighted by atomic mass is 127. The van der Waals surface area contributed by atoms with Crippen LogP contribution in [-0.4, -0.2) is 68.7 Å². The largest absolute Gasteiger partial charge is 0.468 e. The first-order chi connectivity index (χ1) is 12.8. The summed E-state index contributed by atoms with van der Waals surface area (Å²) < 4.78 is 11.5. The third-order valence-electron chi connectivity index (χ3n) is 5.18. The highest BCUT2D eigenvalue weighted by molar-refractivity contribution is 14.0. The number of guanidine groups is 1. The highest BCUT2D eigenvalue weighted by Gasteiger charge is 2.25. The van der Waals surface area contributed by atoms with Crippen molar-refractivity contribution in [1.29, 1.82) is 0 Å². The van der Waals surface area contributed by atoms with Gasteiger partial charge in [-0.15, -0.1) is 24.0 Å². The molecule has 1 aromatic heterocycles. The molecule has 1 saturated carbocycles. The maximum atomic E-state index is 5.77. The molecular formula is C20H35IN4O2. The van der Waals surface area contributed by atoms with Crippen LogP contribution in [-0.2, 0) is 4.74 Å². The monoisotopic (exact) mass is 490 g/mol. The Bertz CT molecular complexity index is 542. The topological polar surface area (TPSA) is 53.2 Å². The van der Waals surface area contributed by atoms with E-state index in [9.17, 15) is 0 Å². The summed E-state index contributed by atoms with van der Waals surface area (Å²) in [5, 5.41) is 3.41. The molecular weight excluding hydrogens is 455 g/mol. The molecule has 1 atom stereocenters. The van der Waals surface area contributed by atoms with Crippen LogP contribution in [0.1, 0.15) is 44.4 Å². The van der Waals surface area contributed by atoms with Crippen molar-refractivity contribution in [3.8, 4) is 0 Å². The van der Waals surface area contributed by atoms with Gasteiger partial charge < -0.3 is 19.4 Å². The molecule has 7 heteroatoms. The second-order valence-corrected chi connectivity index (χ2v) is 7.41. The molecule has 2 heterocycles. The minimum atomic E-state index is 0. The smallest absolute Gasteiger partial charge is 0.193 e. The fraction of sp³-hybridized carbons (Fsp3) is 0.750. The van der Waals surface area contributed by atoms with Crippen LogP contribution < -0.4 is 5.32 Å². The number of aliphatic imine (C=N–C) groups is 1. The number of hydrogen-bond donors (Lipinski definition) is 1. The van der Waals surface area contributed by atoms with Gasteiger partial charge in [-0.25, -0.2) is 0 Å². The number of likely N-dealkylation sites (N-methyl/N-ethyl adjacent to an activating group) is 1. The summed E-state index contributed by atoms with van der Waals surface area (Å²) >= 11 is 0. The minimum Gasteiger partial charge on any atom is -0.468 e. The maximum absolute atomic E-state index is 5.77. The molecule has 1 aliphatic carbocycles. The molecule has 1 N–H and O–H groups in total. The van der Waals surface area contributed by atoms with Crippen molar-refractivity contribution >= 4 is 29.9 Å². The van der Waals surface area contributed by atoms with E-state index in [4.69, 9.17) is 14.1 Å². The zero-order valence-corrected chi connectivity index (χ0v) is 19.1. The molecule has 2 fully saturated rings. The number of hydrogen-bond acceptors (Lipinski definition) is 4. The molecule has 0 aromatic carbocycles. The average molecular weight is 490 g/mol. The molecule has 27 heavy (non-hydrogen) atoms. The van der Waals surface area contributed by atoms with Gasteiger partial charge in [0.15, 0.2) is 5.96 Å².